The Labute approximate surface area is 206 Å². The van der Waals surface area contributed by atoms with Crippen LogP contribution in [0.2, 0.25) is 0 Å². The van der Waals surface area contributed by atoms with Gasteiger partial charge in [-0.1, -0.05) is 65.8 Å². The number of benzene rings is 3. The topological polar surface area (TPSA) is 81.4 Å². The molecule has 0 saturated heterocycles. The van der Waals surface area contributed by atoms with Crippen molar-refractivity contribution in [3.8, 4) is 23.6 Å². The molecule has 0 aliphatic heterocycles. The molecule has 0 atom stereocenters. The molecule has 6 nitrogen and oxygen atoms in total. The lowest BCUT2D eigenvalue weighted by Crippen LogP contribution is -2.16. The quantitative estimate of drug-likeness (QED) is 0.337. The molecule has 0 N–H and O–H groups in total. The highest BCUT2D eigenvalue weighted by Crippen LogP contribution is 2.26. The van der Waals surface area contributed by atoms with Gasteiger partial charge in [-0.15, -0.1) is 6.42 Å². The molecule has 0 bridgehead atoms. The van der Waals surface area contributed by atoms with Gasteiger partial charge in [0.25, 0.3) is 5.91 Å². The van der Waals surface area contributed by atoms with Gasteiger partial charge in [0.05, 0.1) is 38.4 Å². The lowest BCUT2D eigenvalue weighted by atomic mass is 10.0. The fourth-order valence-electron chi connectivity index (χ4n) is 3.87. The summed E-state index contributed by atoms with van der Waals surface area (Å²) < 4.78 is 26.4. The largest absolute Gasteiger partial charge is 0.305 e. The van der Waals surface area contributed by atoms with Crippen LogP contribution < -0.4 is 4.80 Å². The van der Waals surface area contributed by atoms with Crippen molar-refractivity contribution in [3.05, 3.63) is 89.2 Å². The molecule has 1 amide bonds. The number of carbonyl (C=O) groups excluding carboxylic acids is 1. The first-order chi connectivity index (χ1) is 16.8. The van der Waals surface area contributed by atoms with Crippen molar-refractivity contribution in [3.63, 3.8) is 0 Å². The summed E-state index contributed by atoms with van der Waals surface area (Å²) in [7, 11) is -3.38. The Balaban J connectivity index is 1.71. The predicted octanol–water partition coefficient (Wildman–Crippen LogP) is 4.70. The van der Waals surface area contributed by atoms with Crippen LogP contribution in [0.1, 0.15) is 10.4 Å². The molecule has 35 heavy (non-hydrogen) atoms. The number of rotatable bonds is 4. The van der Waals surface area contributed by atoms with Crippen LogP contribution in [0.25, 0.3) is 32.4 Å². The van der Waals surface area contributed by atoms with Gasteiger partial charge in [0.2, 0.25) is 0 Å². The molecule has 2 heterocycles. The number of nitrogens with zero attached hydrogens (tertiary/aromatic N) is 3. The summed E-state index contributed by atoms with van der Waals surface area (Å²) in [4.78, 5) is 23.3. The zero-order valence-corrected chi connectivity index (χ0v) is 20.3. The monoisotopic (exact) mass is 497 g/mol. The van der Waals surface area contributed by atoms with Crippen LogP contribution >= 0.6 is 11.3 Å². The summed E-state index contributed by atoms with van der Waals surface area (Å²) in [5.74, 6) is 2.16. The van der Waals surface area contributed by atoms with Gasteiger partial charge in [0, 0.05) is 17.2 Å². The molecule has 8 heteroatoms. The van der Waals surface area contributed by atoms with Gasteiger partial charge in [0.1, 0.15) is 0 Å². The first kappa shape index (κ1) is 22.7. The molecular weight excluding hydrogens is 478 g/mol. The molecule has 5 aromatic rings. The summed E-state index contributed by atoms with van der Waals surface area (Å²) in [6.07, 6.45) is 6.74. The molecule has 0 radical (unpaired) electrons. The van der Waals surface area contributed by atoms with Crippen molar-refractivity contribution in [1.82, 2.24) is 9.55 Å². The lowest BCUT2D eigenvalue weighted by molar-refractivity contribution is 0.0999. The van der Waals surface area contributed by atoms with E-state index < -0.39 is 15.7 Å². The van der Waals surface area contributed by atoms with Crippen molar-refractivity contribution in [2.45, 2.75) is 11.4 Å². The third-order valence-corrected chi connectivity index (χ3v) is 7.70. The zero-order chi connectivity index (χ0) is 24.6. The minimum absolute atomic E-state index is 0.191. The average molecular weight is 498 g/mol. The Kier molecular flexibility index (Phi) is 5.81. The van der Waals surface area contributed by atoms with Gasteiger partial charge in [-0.25, -0.2) is 13.4 Å². The van der Waals surface area contributed by atoms with Crippen LogP contribution in [0.3, 0.4) is 0 Å². The Morgan fingerprint density at radius 3 is 2.54 bits per heavy atom. The summed E-state index contributed by atoms with van der Waals surface area (Å²) >= 11 is 1.22. The standard InChI is InChI=1S/C27H19N3O3S2/c1-3-15-30-24-14-13-19(35(2,32)33)16-25(24)34-27(30)29-26(31)21-17-23(18-9-5-4-6-10-18)28-22-12-8-7-11-20(21)22/h1,4-14,16-17H,15H2,2H3. The lowest BCUT2D eigenvalue weighted by Gasteiger charge is -2.07. The number of sulfone groups is 1. The van der Waals surface area contributed by atoms with Gasteiger partial charge < -0.3 is 4.57 Å². The number of fused-ring (bicyclic) bond motifs is 2. The zero-order valence-electron chi connectivity index (χ0n) is 18.7. The van der Waals surface area contributed by atoms with Gasteiger partial charge in [-0.2, -0.15) is 4.99 Å². The van der Waals surface area contributed by atoms with Crippen molar-refractivity contribution in [2.75, 3.05) is 6.26 Å². The molecule has 0 aliphatic carbocycles. The van der Waals surface area contributed by atoms with Crippen molar-refractivity contribution in [2.24, 2.45) is 4.99 Å². The second-order valence-corrected chi connectivity index (χ2v) is 11.0. The van der Waals surface area contributed by atoms with Gasteiger partial charge in [-0.05, 0) is 30.3 Å². The molecule has 0 aliphatic rings. The SMILES string of the molecule is C#CCn1c(=NC(=O)c2cc(-c3ccccc3)nc3ccccc23)sc2cc(S(C)(=O)=O)ccc21. The highest BCUT2D eigenvalue weighted by atomic mass is 32.2. The molecule has 0 spiro atoms. The molecule has 0 unspecified atom stereocenters. The van der Waals surface area contributed by atoms with Gasteiger partial charge in [0.15, 0.2) is 14.6 Å². The van der Waals surface area contributed by atoms with Gasteiger partial charge >= 0.3 is 0 Å². The van der Waals surface area contributed by atoms with Crippen LogP contribution in [0.5, 0.6) is 0 Å². The third kappa shape index (κ3) is 4.39. The second kappa shape index (κ2) is 8.95. The van der Waals surface area contributed by atoms with Crippen LogP contribution in [-0.4, -0.2) is 30.1 Å². The van der Waals surface area contributed by atoms with Crippen LogP contribution in [0, 0.1) is 12.3 Å². The summed E-state index contributed by atoms with van der Waals surface area (Å²) in [6, 6.07) is 23.6. The molecular formula is C27H19N3O3S2. The van der Waals surface area contributed by atoms with Crippen LogP contribution in [0.4, 0.5) is 0 Å². The van der Waals surface area contributed by atoms with E-state index in [4.69, 9.17) is 11.4 Å². The number of terminal acetylenes is 1. The predicted molar refractivity (Wildman–Crippen MR) is 139 cm³/mol. The Morgan fingerprint density at radius 2 is 1.80 bits per heavy atom. The maximum absolute atomic E-state index is 13.5. The Hall–Kier alpha value is -4.06. The van der Waals surface area contributed by atoms with Crippen molar-refractivity contribution in [1.29, 1.82) is 0 Å². The number of hydrogen-bond donors (Lipinski definition) is 0. The molecule has 5 rings (SSSR count). The molecule has 0 fully saturated rings. The fraction of sp³-hybridized carbons (Fsp3) is 0.0741. The van der Waals surface area contributed by atoms with E-state index in [1.54, 1.807) is 22.8 Å². The van der Waals surface area contributed by atoms with E-state index in [0.29, 0.717) is 31.7 Å². The third-order valence-electron chi connectivity index (χ3n) is 5.55. The minimum atomic E-state index is -3.38. The van der Waals surface area contributed by atoms with E-state index >= 15 is 0 Å². The number of hydrogen-bond acceptors (Lipinski definition) is 5. The van der Waals surface area contributed by atoms with E-state index in [2.05, 4.69) is 10.9 Å². The van der Waals surface area contributed by atoms with E-state index in [9.17, 15) is 13.2 Å². The Bertz CT molecular complexity index is 1830. The molecule has 2 aromatic heterocycles. The highest BCUT2D eigenvalue weighted by Gasteiger charge is 2.16. The van der Waals surface area contributed by atoms with E-state index in [-0.39, 0.29) is 11.4 Å². The highest BCUT2D eigenvalue weighted by molar-refractivity contribution is 7.90. The van der Waals surface area contributed by atoms with Gasteiger partial charge in [-0.3, -0.25) is 4.79 Å². The number of amides is 1. The summed E-state index contributed by atoms with van der Waals surface area (Å²) in [5, 5.41) is 0.699. The van der Waals surface area contributed by atoms with E-state index in [1.807, 2.05) is 54.6 Å². The number of thiazole rings is 1. The number of carbonyl (C=O) groups is 1. The second-order valence-electron chi connectivity index (χ2n) is 7.93. The number of para-hydroxylation sites is 1. The summed E-state index contributed by atoms with van der Waals surface area (Å²) in [6.45, 7) is 0.191. The maximum atomic E-state index is 13.5. The fourth-order valence-corrected chi connectivity index (χ4v) is 5.66. The van der Waals surface area contributed by atoms with Crippen molar-refractivity contribution < 1.29 is 13.2 Å². The van der Waals surface area contributed by atoms with Crippen molar-refractivity contribution >= 4 is 48.2 Å². The smallest absolute Gasteiger partial charge is 0.280 e. The number of aromatic nitrogens is 2. The molecule has 3 aromatic carbocycles. The number of pyridine rings is 1. The normalized spacial score (nSPS) is 12.2. The first-order valence-electron chi connectivity index (χ1n) is 10.7. The van der Waals surface area contributed by atoms with E-state index in [1.165, 1.54) is 17.4 Å². The average Bonchev–Trinajstić information content (AvgIpc) is 3.19. The van der Waals surface area contributed by atoms with Crippen LogP contribution in [0.15, 0.2) is 88.8 Å². The first-order valence-corrected chi connectivity index (χ1v) is 13.4. The minimum Gasteiger partial charge on any atom is -0.305 e. The molecule has 172 valence electrons. The van der Waals surface area contributed by atoms with E-state index in [0.717, 1.165) is 17.3 Å². The summed E-state index contributed by atoms with van der Waals surface area (Å²) in [5.41, 5.74) is 3.41. The molecule has 0 saturated carbocycles. The Morgan fingerprint density at radius 1 is 1.06 bits per heavy atom. The van der Waals surface area contributed by atoms with Crippen LogP contribution in [-0.2, 0) is 16.4 Å². The maximum Gasteiger partial charge on any atom is 0.280 e.